The van der Waals surface area contributed by atoms with Crippen molar-refractivity contribution in [3.63, 3.8) is 0 Å². The van der Waals surface area contributed by atoms with E-state index in [1.165, 1.54) is 11.9 Å². The number of carboxylic acids is 1. The Morgan fingerprint density at radius 1 is 1.12 bits per heavy atom. The van der Waals surface area contributed by atoms with E-state index >= 15 is 0 Å². The lowest BCUT2D eigenvalue weighted by atomic mass is 10.4. The first-order valence-corrected chi connectivity index (χ1v) is 5.36. The van der Waals surface area contributed by atoms with Crippen molar-refractivity contribution in [2.75, 3.05) is 26.7 Å². The SMILES string of the molecule is CCN(CC)C(=O)CN(C)C(=O)/C=C/C(=O)O. The van der Waals surface area contributed by atoms with E-state index in [2.05, 4.69) is 0 Å². The average molecular weight is 242 g/mol. The number of carbonyl (C=O) groups excluding carboxylic acids is 2. The summed E-state index contributed by atoms with van der Waals surface area (Å²) < 4.78 is 0. The number of carbonyl (C=O) groups is 3. The molecule has 0 aliphatic heterocycles. The number of nitrogens with zero attached hydrogens (tertiary/aromatic N) is 2. The first kappa shape index (κ1) is 15.2. The Hall–Kier alpha value is -1.85. The molecule has 0 radical (unpaired) electrons. The normalized spacial score (nSPS) is 10.3. The van der Waals surface area contributed by atoms with Crippen molar-refractivity contribution in [1.82, 2.24) is 9.80 Å². The van der Waals surface area contributed by atoms with E-state index in [1.54, 1.807) is 4.90 Å². The Balaban J connectivity index is 4.34. The Bertz CT molecular complexity index is 321. The van der Waals surface area contributed by atoms with Crippen LogP contribution in [-0.4, -0.2) is 59.4 Å². The summed E-state index contributed by atoms with van der Waals surface area (Å²) >= 11 is 0. The molecule has 6 nitrogen and oxygen atoms in total. The van der Waals surface area contributed by atoms with Crippen LogP contribution >= 0.6 is 0 Å². The minimum Gasteiger partial charge on any atom is -0.478 e. The van der Waals surface area contributed by atoms with Gasteiger partial charge in [0.2, 0.25) is 11.8 Å². The van der Waals surface area contributed by atoms with Gasteiger partial charge in [-0.1, -0.05) is 0 Å². The summed E-state index contributed by atoms with van der Waals surface area (Å²) in [5.74, 6) is -1.86. The molecule has 0 atom stereocenters. The van der Waals surface area contributed by atoms with Crippen molar-refractivity contribution in [3.8, 4) is 0 Å². The second-order valence-electron chi connectivity index (χ2n) is 3.43. The van der Waals surface area contributed by atoms with E-state index in [9.17, 15) is 14.4 Å². The number of amides is 2. The topological polar surface area (TPSA) is 77.9 Å². The zero-order valence-corrected chi connectivity index (χ0v) is 10.3. The smallest absolute Gasteiger partial charge is 0.328 e. The van der Waals surface area contributed by atoms with E-state index < -0.39 is 11.9 Å². The maximum Gasteiger partial charge on any atom is 0.328 e. The lowest BCUT2D eigenvalue weighted by Crippen LogP contribution is -2.40. The average Bonchev–Trinajstić information content (AvgIpc) is 2.27. The van der Waals surface area contributed by atoms with Crippen molar-refractivity contribution in [1.29, 1.82) is 0 Å². The monoisotopic (exact) mass is 242 g/mol. The number of rotatable bonds is 6. The van der Waals surface area contributed by atoms with Gasteiger partial charge in [-0.15, -0.1) is 0 Å². The third-order valence-electron chi connectivity index (χ3n) is 2.23. The van der Waals surface area contributed by atoms with Crippen LogP contribution in [0.15, 0.2) is 12.2 Å². The van der Waals surface area contributed by atoms with Crippen LogP contribution in [0.3, 0.4) is 0 Å². The van der Waals surface area contributed by atoms with E-state index in [1.807, 2.05) is 13.8 Å². The van der Waals surface area contributed by atoms with Crippen molar-refractivity contribution >= 4 is 17.8 Å². The van der Waals surface area contributed by atoms with Gasteiger partial charge in [0.1, 0.15) is 0 Å². The standard InChI is InChI=1S/C11H18N2O4/c1-4-13(5-2)10(15)8-12(3)9(14)6-7-11(16)17/h6-7H,4-5,8H2,1-3H3,(H,16,17)/b7-6+. The largest absolute Gasteiger partial charge is 0.478 e. The van der Waals surface area contributed by atoms with Gasteiger partial charge in [-0.2, -0.15) is 0 Å². The van der Waals surface area contributed by atoms with Gasteiger partial charge in [-0.05, 0) is 13.8 Å². The van der Waals surface area contributed by atoms with Crippen molar-refractivity contribution in [2.45, 2.75) is 13.8 Å². The van der Waals surface area contributed by atoms with Gasteiger partial charge < -0.3 is 14.9 Å². The fourth-order valence-electron chi connectivity index (χ4n) is 1.23. The predicted molar refractivity (Wildman–Crippen MR) is 62.3 cm³/mol. The number of likely N-dealkylation sites (N-methyl/N-ethyl adjacent to an activating group) is 2. The maximum absolute atomic E-state index is 11.6. The molecule has 0 unspecified atom stereocenters. The minimum absolute atomic E-state index is 0.0511. The fourth-order valence-corrected chi connectivity index (χ4v) is 1.23. The molecule has 2 amide bonds. The second-order valence-corrected chi connectivity index (χ2v) is 3.43. The number of carboxylic acid groups (broad SMARTS) is 1. The molecule has 0 saturated carbocycles. The van der Waals surface area contributed by atoms with Crippen LogP contribution in [0.25, 0.3) is 0 Å². The zero-order chi connectivity index (χ0) is 13.4. The van der Waals surface area contributed by atoms with Crippen LogP contribution in [0.2, 0.25) is 0 Å². The summed E-state index contributed by atoms with van der Waals surface area (Å²) in [4.78, 5) is 36.0. The van der Waals surface area contributed by atoms with Crippen LogP contribution in [0.1, 0.15) is 13.8 Å². The van der Waals surface area contributed by atoms with E-state index in [0.29, 0.717) is 13.1 Å². The molecule has 0 fully saturated rings. The quantitative estimate of drug-likeness (QED) is 0.663. The van der Waals surface area contributed by atoms with Gasteiger partial charge in [-0.3, -0.25) is 9.59 Å². The van der Waals surface area contributed by atoms with Crippen LogP contribution in [-0.2, 0) is 14.4 Å². The van der Waals surface area contributed by atoms with Crippen LogP contribution in [0.5, 0.6) is 0 Å². The molecule has 0 bridgehead atoms. The molecule has 0 aromatic carbocycles. The van der Waals surface area contributed by atoms with Crippen molar-refractivity contribution in [3.05, 3.63) is 12.2 Å². The summed E-state index contributed by atoms with van der Waals surface area (Å²) in [6.07, 6.45) is 1.68. The zero-order valence-electron chi connectivity index (χ0n) is 10.3. The molecule has 0 aliphatic rings. The molecule has 1 N–H and O–H groups in total. The molecule has 0 heterocycles. The first-order valence-electron chi connectivity index (χ1n) is 5.36. The molecule has 96 valence electrons. The molecule has 17 heavy (non-hydrogen) atoms. The Labute approximate surface area is 100 Å². The number of aliphatic carboxylic acids is 1. The summed E-state index contributed by atoms with van der Waals surface area (Å²) in [6.45, 7) is 4.83. The van der Waals surface area contributed by atoms with E-state index in [0.717, 1.165) is 12.2 Å². The van der Waals surface area contributed by atoms with Gasteiger partial charge in [0, 0.05) is 32.3 Å². The lowest BCUT2D eigenvalue weighted by molar-refractivity contribution is -0.137. The van der Waals surface area contributed by atoms with Gasteiger partial charge in [0.15, 0.2) is 0 Å². The van der Waals surface area contributed by atoms with Crippen LogP contribution in [0, 0.1) is 0 Å². The molecule has 0 aromatic heterocycles. The molecule has 0 spiro atoms. The van der Waals surface area contributed by atoms with Crippen LogP contribution < -0.4 is 0 Å². The van der Waals surface area contributed by atoms with Gasteiger partial charge in [0.25, 0.3) is 0 Å². The van der Waals surface area contributed by atoms with E-state index in [-0.39, 0.29) is 12.5 Å². The first-order chi connectivity index (χ1) is 7.92. The molecule has 0 aliphatic carbocycles. The molecule has 0 saturated heterocycles. The third kappa shape index (κ3) is 5.70. The van der Waals surface area contributed by atoms with Gasteiger partial charge in [0.05, 0.1) is 6.54 Å². The molecule has 6 heteroatoms. The summed E-state index contributed by atoms with van der Waals surface area (Å²) in [5.41, 5.74) is 0. The predicted octanol–water partition coefficient (Wildman–Crippen LogP) is -0.0460. The second kappa shape index (κ2) is 7.43. The summed E-state index contributed by atoms with van der Waals surface area (Å²) in [7, 11) is 1.45. The highest BCUT2D eigenvalue weighted by Gasteiger charge is 2.14. The highest BCUT2D eigenvalue weighted by atomic mass is 16.4. The number of hydrogen-bond donors (Lipinski definition) is 1. The Morgan fingerprint density at radius 3 is 2.06 bits per heavy atom. The highest BCUT2D eigenvalue weighted by Crippen LogP contribution is 1.94. The van der Waals surface area contributed by atoms with Gasteiger partial charge in [-0.25, -0.2) is 4.79 Å². The summed E-state index contributed by atoms with van der Waals surface area (Å²) in [5, 5.41) is 8.36. The molecule has 0 aromatic rings. The fraction of sp³-hybridized carbons (Fsp3) is 0.545. The lowest BCUT2D eigenvalue weighted by Gasteiger charge is -2.22. The highest BCUT2D eigenvalue weighted by molar-refractivity contribution is 5.95. The Morgan fingerprint density at radius 2 is 1.65 bits per heavy atom. The molecular weight excluding hydrogens is 224 g/mol. The minimum atomic E-state index is -1.19. The summed E-state index contributed by atoms with van der Waals surface area (Å²) in [6, 6.07) is 0. The molecule has 0 rings (SSSR count). The van der Waals surface area contributed by atoms with Gasteiger partial charge >= 0.3 is 5.97 Å². The van der Waals surface area contributed by atoms with Crippen LogP contribution in [0.4, 0.5) is 0 Å². The number of hydrogen-bond acceptors (Lipinski definition) is 3. The van der Waals surface area contributed by atoms with E-state index in [4.69, 9.17) is 5.11 Å². The third-order valence-corrected chi connectivity index (χ3v) is 2.23. The van der Waals surface area contributed by atoms with Crippen molar-refractivity contribution < 1.29 is 19.5 Å². The molecular formula is C11H18N2O4. The maximum atomic E-state index is 11.6. The van der Waals surface area contributed by atoms with Crippen molar-refractivity contribution in [2.24, 2.45) is 0 Å². The Kier molecular flexibility index (Phi) is 6.62.